The zero-order chi connectivity index (χ0) is 13.0. The van der Waals surface area contributed by atoms with Gasteiger partial charge in [-0.3, -0.25) is 0 Å². The van der Waals surface area contributed by atoms with Crippen LogP contribution in [0.25, 0.3) is 0 Å². The number of likely N-dealkylation sites (N-methyl/N-ethyl adjacent to an activating group) is 1. The van der Waals surface area contributed by atoms with Crippen molar-refractivity contribution in [1.82, 2.24) is 10.2 Å². The molecule has 0 amide bonds. The summed E-state index contributed by atoms with van der Waals surface area (Å²) in [6, 6.07) is 0. The molecule has 0 saturated carbocycles. The molecule has 0 aromatic carbocycles. The van der Waals surface area contributed by atoms with Gasteiger partial charge in [-0.25, -0.2) is 0 Å². The second-order valence-corrected chi connectivity index (χ2v) is 5.15. The number of piperidine rings is 1. The highest BCUT2D eigenvalue weighted by Gasteiger charge is 2.19. The molecule has 0 aromatic heterocycles. The van der Waals surface area contributed by atoms with Gasteiger partial charge in [0.15, 0.2) is 0 Å². The minimum atomic E-state index is 1.07. The van der Waals surface area contributed by atoms with Gasteiger partial charge in [0.2, 0.25) is 0 Å². The molecule has 18 heavy (non-hydrogen) atoms. The predicted octanol–water partition coefficient (Wildman–Crippen LogP) is 2.89. The molecule has 3 aliphatic rings. The number of nitrogens with one attached hydrogen (secondary N) is 1. The Labute approximate surface area is 111 Å². The fraction of sp³-hybridized carbons (Fsp3) is 0.625. The van der Waals surface area contributed by atoms with E-state index in [0.717, 1.165) is 26.1 Å². The van der Waals surface area contributed by atoms with E-state index in [9.17, 15) is 0 Å². The molecular weight excluding hydrogens is 220 g/mol. The lowest BCUT2D eigenvalue weighted by Crippen LogP contribution is -2.27. The van der Waals surface area contributed by atoms with Crippen molar-refractivity contribution in [3.8, 4) is 0 Å². The van der Waals surface area contributed by atoms with Crippen molar-refractivity contribution >= 4 is 0 Å². The minimum Gasteiger partial charge on any atom is -0.312 e. The molecule has 2 aliphatic heterocycles. The number of nitrogens with zero attached hydrogens (tertiary/aromatic N) is 1. The quantitative estimate of drug-likeness (QED) is 0.707. The molecule has 2 nitrogen and oxygen atoms in total. The maximum atomic E-state index is 3.46. The Morgan fingerprint density at radius 3 is 2.83 bits per heavy atom. The van der Waals surface area contributed by atoms with Gasteiger partial charge in [0, 0.05) is 19.6 Å². The standard InChI is InChI=1S/C14H20N2.C2H6/c1-16-7-5-12-8-11-4-6-15-9-13(11)2-3-14(12)10-16;1-2/h2,8,15H,3-7,9-10H2,1H3;1-2H3. The Balaban J connectivity index is 0.000000574. The number of fused-ring (bicyclic) bond motifs is 1. The first-order valence-electron chi connectivity index (χ1n) is 7.33. The Hall–Kier alpha value is -0.860. The first kappa shape index (κ1) is 13.6. The van der Waals surface area contributed by atoms with Gasteiger partial charge < -0.3 is 10.2 Å². The maximum absolute atomic E-state index is 3.46. The summed E-state index contributed by atoms with van der Waals surface area (Å²) in [6.07, 6.45) is 8.54. The lowest BCUT2D eigenvalue weighted by atomic mass is 9.95. The maximum Gasteiger partial charge on any atom is 0.0205 e. The van der Waals surface area contributed by atoms with Gasteiger partial charge >= 0.3 is 0 Å². The third-order valence-electron chi connectivity index (χ3n) is 3.92. The van der Waals surface area contributed by atoms with Crippen LogP contribution in [-0.2, 0) is 0 Å². The van der Waals surface area contributed by atoms with Gasteiger partial charge in [-0.15, -0.1) is 0 Å². The van der Waals surface area contributed by atoms with E-state index in [-0.39, 0.29) is 0 Å². The van der Waals surface area contributed by atoms with Crippen LogP contribution in [-0.4, -0.2) is 38.1 Å². The SMILES string of the molecule is CC.CN1CCC2=C(CC=C3CNCCC3=C2)C1. The predicted molar refractivity (Wildman–Crippen MR) is 78.8 cm³/mol. The van der Waals surface area contributed by atoms with Gasteiger partial charge in [-0.2, -0.15) is 0 Å². The zero-order valence-corrected chi connectivity index (χ0v) is 12.1. The van der Waals surface area contributed by atoms with Crippen molar-refractivity contribution in [2.75, 3.05) is 33.2 Å². The third-order valence-corrected chi connectivity index (χ3v) is 3.92. The van der Waals surface area contributed by atoms with Gasteiger partial charge in [0.05, 0.1) is 0 Å². The second kappa shape index (κ2) is 6.35. The molecule has 1 N–H and O–H groups in total. The van der Waals surface area contributed by atoms with Crippen LogP contribution in [0.15, 0.2) is 34.4 Å². The molecule has 0 aromatic rings. The fourth-order valence-corrected chi connectivity index (χ4v) is 2.91. The van der Waals surface area contributed by atoms with Crippen LogP contribution >= 0.6 is 0 Å². The molecule has 1 fully saturated rings. The first-order chi connectivity index (χ1) is 8.83. The van der Waals surface area contributed by atoms with Crippen molar-refractivity contribution in [3.63, 3.8) is 0 Å². The molecule has 100 valence electrons. The Kier molecular flexibility index (Phi) is 4.79. The van der Waals surface area contributed by atoms with E-state index >= 15 is 0 Å². The number of hydrogen-bond donors (Lipinski definition) is 1. The molecule has 0 bridgehead atoms. The van der Waals surface area contributed by atoms with Crippen LogP contribution in [0.1, 0.15) is 33.1 Å². The number of hydrogen-bond acceptors (Lipinski definition) is 2. The summed E-state index contributed by atoms with van der Waals surface area (Å²) in [5.41, 5.74) is 6.40. The molecule has 2 heteroatoms. The van der Waals surface area contributed by atoms with Crippen molar-refractivity contribution in [3.05, 3.63) is 34.4 Å². The van der Waals surface area contributed by atoms with Crippen molar-refractivity contribution < 1.29 is 0 Å². The van der Waals surface area contributed by atoms with Gasteiger partial charge in [-0.1, -0.05) is 26.0 Å². The van der Waals surface area contributed by atoms with Crippen molar-refractivity contribution in [1.29, 1.82) is 0 Å². The zero-order valence-electron chi connectivity index (χ0n) is 12.1. The summed E-state index contributed by atoms with van der Waals surface area (Å²) >= 11 is 0. The van der Waals surface area contributed by atoms with E-state index in [1.807, 2.05) is 13.8 Å². The molecule has 2 heterocycles. The lowest BCUT2D eigenvalue weighted by molar-refractivity contribution is 0.348. The molecule has 0 unspecified atom stereocenters. The van der Waals surface area contributed by atoms with Crippen molar-refractivity contribution in [2.24, 2.45) is 0 Å². The second-order valence-electron chi connectivity index (χ2n) is 5.15. The highest BCUT2D eigenvalue weighted by atomic mass is 15.1. The highest BCUT2D eigenvalue weighted by molar-refractivity contribution is 5.46. The Morgan fingerprint density at radius 2 is 2.00 bits per heavy atom. The van der Waals surface area contributed by atoms with Crippen LogP contribution in [0.5, 0.6) is 0 Å². The largest absolute Gasteiger partial charge is 0.312 e. The third kappa shape index (κ3) is 2.93. The monoisotopic (exact) mass is 246 g/mol. The molecule has 3 rings (SSSR count). The fourth-order valence-electron chi connectivity index (χ4n) is 2.91. The van der Waals surface area contributed by atoms with E-state index in [4.69, 9.17) is 0 Å². The van der Waals surface area contributed by atoms with Crippen LogP contribution < -0.4 is 5.32 Å². The lowest BCUT2D eigenvalue weighted by Gasteiger charge is -2.26. The van der Waals surface area contributed by atoms with Crippen LogP contribution in [0, 0.1) is 0 Å². The van der Waals surface area contributed by atoms with E-state index in [1.54, 1.807) is 22.3 Å². The molecular formula is C16H26N2. The van der Waals surface area contributed by atoms with Gasteiger partial charge in [-0.05, 0) is 55.1 Å². The van der Waals surface area contributed by atoms with E-state index in [2.05, 4.69) is 29.4 Å². The molecule has 1 aliphatic carbocycles. The minimum absolute atomic E-state index is 1.07. The highest BCUT2D eigenvalue weighted by Crippen LogP contribution is 2.30. The normalized spacial score (nSPS) is 23.9. The summed E-state index contributed by atoms with van der Waals surface area (Å²) in [4.78, 5) is 2.43. The van der Waals surface area contributed by atoms with Crippen LogP contribution in [0.3, 0.4) is 0 Å². The summed E-state index contributed by atoms with van der Waals surface area (Å²) in [5, 5.41) is 3.46. The molecule has 0 radical (unpaired) electrons. The summed E-state index contributed by atoms with van der Waals surface area (Å²) < 4.78 is 0. The van der Waals surface area contributed by atoms with E-state index < -0.39 is 0 Å². The van der Waals surface area contributed by atoms with Crippen molar-refractivity contribution in [2.45, 2.75) is 33.1 Å². The van der Waals surface area contributed by atoms with Gasteiger partial charge in [0.1, 0.15) is 0 Å². The topological polar surface area (TPSA) is 15.3 Å². The van der Waals surface area contributed by atoms with E-state index in [1.165, 1.54) is 19.4 Å². The van der Waals surface area contributed by atoms with Crippen LogP contribution in [0.4, 0.5) is 0 Å². The Morgan fingerprint density at radius 1 is 1.17 bits per heavy atom. The van der Waals surface area contributed by atoms with Gasteiger partial charge in [0.25, 0.3) is 0 Å². The molecule has 0 atom stereocenters. The molecule has 1 saturated heterocycles. The average Bonchev–Trinajstić information content (AvgIpc) is 2.60. The van der Waals surface area contributed by atoms with E-state index in [0.29, 0.717) is 0 Å². The Bertz CT molecular complexity index is 388. The smallest absolute Gasteiger partial charge is 0.0205 e. The number of allylic oxidation sites excluding steroid dienone is 2. The summed E-state index contributed by atoms with van der Waals surface area (Å²) in [6.45, 7) is 8.60. The first-order valence-corrected chi connectivity index (χ1v) is 7.33. The number of rotatable bonds is 0. The average molecular weight is 246 g/mol. The molecule has 0 spiro atoms. The van der Waals surface area contributed by atoms with Crippen LogP contribution in [0.2, 0.25) is 0 Å². The summed E-state index contributed by atoms with van der Waals surface area (Å²) in [7, 11) is 2.23. The summed E-state index contributed by atoms with van der Waals surface area (Å²) in [5.74, 6) is 0.